The van der Waals surface area contributed by atoms with E-state index in [2.05, 4.69) is 9.97 Å². The molecule has 1 aliphatic heterocycles. The number of rotatable bonds is 6. The Balaban J connectivity index is 1.45. The monoisotopic (exact) mass is 481 g/mol. The van der Waals surface area contributed by atoms with E-state index in [1.165, 1.54) is 12.3 Å². The lowest BCUT2D eigenvalue weighted by molar-refractivity contribution is -0.180. The van der Waals surface area contributed by atoms with Crippen LogP contribution >= 0.6 is 0 Å². The van der Waals surface area contributed by atoms with Crippen LogP contribution in [0.5, 0.6) is 0 Å². The Bertz CT molecular complexity index is 1070. The third kappa shape index (κ3) is 6.00. The summed E-state index contributed by atoms with van der Waals surface area (Å²) in [6, 6.07) is 14.3. The number of likely N-dealkylation sites (tertiary alicyclic amines) is 1. The molecule has 0 radical (unpaired) electrons. The largest absolute Gasteiger partial charge is 0.416 e. The van der Waals surface area contributed by atoms with Crippen LogP contribution in [0, 0.1) is 5.92 Å². The van der Waals surface area contributed by atoms with Crippen molar-refractivity contribution < 1.29 is 26.3 Å². The first-order chi connectivity index (χ1) is 16.1. The number of nitrogens with one attached hydrogen (secondary N) is 1. The fourth-order valence-electron chi connectivity index (χ4n) is 4.52. The maximum absolute atomic E-state index is 13.9. The quantitative estimate of drug-likeness (QED) is 0.398. The van der Waals surface area contributed by atoms with Gasteiger partial charge in [0, 0.05) is 19.5 Å². The minimum atomic E-state index is -4.45. The van der Waals surface area contributed by atoms with Gasteiger partial charge in [-0.2, -0.15) is 26.3 Å². The van der Waals surface area contributed by atoms with Gasteiger partial charge >= 0.3 is 12.4 Å². The minimum absolute atomic E-state index is 0.222. The van der Waals surface area contributed by atoms with Crippen molar-refractivity contribution in [2.45, 2.75) is 37.5 Å². The number of aromatic amines is 1. The molecule has 9 heteroatoms. The predicted octanol–water partition coefficient (Wildman–Crippen LogP) is 6.70. The van der Waals surface area contributed by atoms with Crippen molar-refractivity contribution >= 4 is 0 Å². The van der Waals surface area contributed by atoms with Crippen molar-refractivity contribution in [1.29, 1.82) is 0 Å². The lowest BCUT2D eigenvalue weighted by Gasteiger charge is -2.35. The lowest BCUT2D eigenvalue weighted by atomic mass is 9.89. The molecule has 1 N–H and O–H groups in total. The number of halogens is 6. The van der Waals surface area contributed by atoms with E-state index in [1.807, 2.05) is 30.3 Å². The highest BCUT2D eigenvalue weighted by Gasteiger charge is 2.41. The van der Waals surface area contributed by atoms with Crippen LogP contribution in [0.2, 0.25) is 0 Å². The molecule has 2 unspecified atom stereocenters. The van der Waals surface area contributed by atoms with E-state index in [0.29, 0.717) is 37.2 Å². The SMILES string of the molecule is FC(F)(F)c1cccc(C2CCCN(CC(Cc3ncc(-c4ccccc4)[nH]3)C(F)(F)F)C2)c1. The highest BCUT2D eigenvalue weighted by Crippen LogP contribution is 2.35. The third-order valence-electron chi connectivity index (χ3n) is 6.29. The summed E-state index contributed by atoms with van der Waals surface area (Å²) < 4.78 is 81.0. The van der Waals surface area contributed by atoms with Crippen molar-refractivity contribution in [3.8, 4) is 11.3 Å². The topological polar surface area (TPSA) is 31.9 Å². The zero-order valence-corrected chi connectivity index (χ0v) is 18.3. The van der Waals surface area contributed by atoms with Crippen LogP contribution in [0.15, 0.2) is 60.8 Å². The maximum atomic E-state index is 13.9. The molecule has 0 aliphatic carbocycles. The first-order valence-corrected chi connectivity index (χ1v) is 11.1. The number of piperidine rings is 1. The Morgan fingerprint density at radius 1 is 1.00 bits per heavy atom. The normalized spacial score (nSPS) is 18.7. The number of aromatic nitrogens is 2. The Hall–Kier alpha value is -2.81. The molecule has 2 atom stereocenters. The van der Waals surface area contributed by atoms with Gasteiger partial charge in [0.25, 0.3) is 0 Å². The van der Waals surface area contributed by atoms with Crippen LogP contribution in [0.25, 0.3) is 11.3 Å². The molecule has 1 saturated heterocycles. The number of hydrogen-bond donors (Lipinski definition) is 1. The number of hydrogen-bond acceptors (Lipinski definition) is 2. The minimum Gasteiger partial charge on any atom is -0.342 e. The number of H-pyrrole nitrogens is 1. The summed E-state index contributed by atoms with van der Waals surface area (Å²) in [5, 5.41) is 0. The van der Waals surface area contributed by atoms with Crippen molar-refractivity contribution in [3.63, 3.8) is 0 Å². The second-order valence-corrected chi connectivity index (χ2v) is 8.77. The summed E-state index contributed by atoms with van der Waals surface area (Å²) in [6.45, 7) is 0.553. The van der Waals surface area contributed by atoms with Crippen LogP contribution in [0.4, 0.5) is 26.3 Å². The summed E-state index contributed by atoms with van der Waals surface area (Å²) >= 11 is 0. The number of alkyl halides is 6. The van der Waals surface area contributed by atoms with E-state index in [1.54, 1.807) is 11.0 Å². The molecule has 0 bridgehead atoms. The molecule has 0 saturated carbocycles. The fraction of sp³-hybridized carbons (Fsp3) is 0.400. The number of benzene rings is 2. The average Bonchev–Trinajstić information content (AvgIpc) is 3.27. The molecule has 34 heavy (non-hydrogen) atoms. The molecule has 4 rings (SSSR count). The maximum Gasteiger partial charge on any atom is 0.416 e. The molecule has 0 spiro atoms. The molecule has 1 fully saturated rings. The fourth-order valence-corrected chi connectivity index (χ4v) is 4.52. The van der Waals surface area contributed by atoms with Gasteiger partial charge < -0.3 is 9.88 Å². The summed E-state index contributed by atoms with van der Waals surface area (Å²) in [6.07, 6.45) is -6.36. The van der Waals surface area contributed by atoms with Gasteiger partial charge in [-0.05, 0) is 42.5 Å². The van der Waals surface area contributed by atoms with Gasteiger partial charge in [-0.15, -0.1) is 0 Å². The molecular formula is C25H25F6N3. The molecule has 3 nitrogen and oxygen atoms in total. The molecule has 182 valence electrons. The molecule has 1 aromatic heterocycles. The second kappa shape index (κ2) is 9.82. The molecular weight excluding hydrogens is 456 g/mol. The second-order valence-electron chi connectivity index (χ2n) is 8.77. The van der Waals surface area contributed by atoms with Gasteiger partial charge in [-0.3, -0.25) is 0 Å². The molecule has 3 aromatic rings. The van der Waals surface area contributed by atoms with Gasteiger partial charge in [-0.1, -0.05) is 48.5 Å². The predicted molar refractivity (Wildman–Crippen MR) is 117 cm³/mol. The molecule has 0 amide bonds. The summed E-state index contributed by atoms with van der Waals surface area (Å²) in [5.74, 6) is -1.62. The highest BCUT2D eigenvalue weighted by molar-refractivity contribution is 5.58. The smallest absolute Gasteiger partial charge is 0.342 e. The average molecular weight is 481 g/mol. The molecule has 2 aromatic carbocycles. The van der Waals surface area contributed by atoms with E-state index in [4.69, 9.17) is 0 Å². The van der Waals surface area contributed by atoms with Gasteiger partial charge in [0.15, 0.2) is 0 Å². The Morgan fingerprint density at radius 2 is 1.76 bits per heavy atom. The molecule has 2 heterocycles. The Morgan fingerprint density at radius 3 is 2.47 bits per heavy atom. The van der Waals surface area contributed by atoms with Crippen molar-refractivity contribution in [3.05, 3.63) is 77.7 Å². The zero-order valence-electron chi connectivity index (χ0n) is 18.3. The molecule has 1 aliphatic rings. The van der Waals surface area contributed by atoms with E-state index in [0.717, 1.165) is 17.7 Å². The van der Waals surface area contributed by atoms with E-state index in [9.17, 15) is 26.3 Å². The standard InChI is InChI=1S/C25H25F6N3/c26-24(27,28)20-10-4-8-18(12-20)19-9-5-11-34(15-19)16-21(25(29,30)31)13-23-32-14-22(33-23)17-6-2-1-3-7-17/h1-4,6-8,10,12,14,19,21H,5,9,11,13,15-16H2,(H,32,33). The van der Waals surface area contributed by atoms with E-state index < -0.39 is 23.8 Å². The van der Waals surface area contributed by atoms with Crippen LogP contribution in [-0.4, -0.2) is 40.7 Å². The highest BCUT2D eigenvalue weighted by atomic mass is 19.4. The third-order valence-corrected chi connectivity index (χ3v) is 6.29. The first kappa shape index (κ1) is 24.3. The summed E-state index contributed by atoms with van der Waals surface area (Å²) in [4.78, 5) is 8.86. The summed E-state index contributed by atoms with van der Waals surface area (Å²) in [7, 11) is 0. The van der Waals surface area contributed by atoms with Gasteiger partial charge in [-0.25, -0.2) is 4.98 Å². The van der Waals surface area contributed by atoms with Crippen LogP contribution in [0.1, 0.15) is 35.7 Å². The van der Waals surface area contributed by atoms with Crippen LogP contribution in [-0.2, 0) is 12.6 Å². The summed E-state index contributed by atoms with van der Waals surface area (Å²) in [5.41, 5.74) is 1.27. The van der Waals surface area contributed by atoms with E-state index >= 15 is 0 Å². The lowest BCUT2D eigenvalue weighted by Crippen LogP contribution is -2.42. The Kier molecular flexibility index (Phi) is 7.02. The Labute approximate surface area is 193 Å². The number of nitrogens with zero attached hydrogens (tertiary/aromatic N) is 2. The van der Waals surface area contributed by atoms with Crippen molar-refractivity contribution in [2.75, 3.05) is 19.6 Å². The van der Waals surface area contributed by atoms with Gasteiger partial charge in [0.05, 0.1) is 23.4 Å². The van der Waals surface area contributed by atoms with E-state index in [-0.39, 0.29) is 24.7 Å². The van der Waals surface area contributed by atoms with Gasteiger partial charge in [0.1, 0.15) is 5.82 Å². The van der Waals surface area contributed by atoms with Crippen molar-refractivity contribution in [1.82, 2.24) is 14.9 Å². The van der Waals surface area contributed by atoms with Gasteiger partial charge in [0.2, 0.25) is 0 Å². The zero-order chi connectivity index (χ0) is 24.3. The first-order valence-electron chi connectivity index (χ1n) is 11.1. The van der Waals surface area contributed by atoms with Crippen LogP contribution < -0.4 is 0 Å². The van der Waals surface area contributed by atoms with Crippen LogP contribution in [0.3, 0.4) is 0 Å². The van der Waals surface area contributed by atoms with Crippen molar-refractivity contribution in [2.24, 2.45) is 5.92 Å². The number of imidazole rings is 1.